The molecule has 0 spiro atoms. The van der Waals surface area contributed by atoms with Gasteiger partial charge in [0.15, 0.2) is 0 Å². The summed E-state index contributed by atoms with van der Waals surface area (Å²) < 4.78 is 1.15. The third-order valence-electron chi connectivity index (χ3n) is 3.08. The quantitative estimate of drug-likeness (QED) is 0.846. The van der Waals surface area contributed by atoms with E-state index in [1.54, 1.807) is 0 Å². The minimum Gasteiger partial charge on any atom is -0.382 e. The van der Waals surface area contributed by atoms with Crippen molar-refractivity contribution in [3.8, 4) is 0 Å². The zero-order valence-corrected chi connectivity index (χ0v) is 12.9. The van der Waals surface area contributed by atoms with Crippen molar-refractivity contribution in [3.05, 3.63) is 57.5 Å². The molecule has 0 fully saturated rings. The molecule has 2 N–H and O–H groups in total. The lowest BCUT2D eigenvalue weighted by Gasteiger charge is -2.09. The number of anilines is 1. The van der Waals surface area contributed by atoms with Crippen LogP contribution >= 0.6 is 11.6 Å². The van der Waals surface area contributed by atoms with Crippen LogP contribution < -0.4 is 16.2 Å². The summed E-state index contributed by atoms with van der Waals surface area (Å²) in [6.45, 7) is 0.864. The Morgan fingerprint density at radius 2 is 2.05 bits per heavy atom. The molecule has 1 aromatic carbocycles. The Labute approximate surface area is 133 Å². The summed E-state index contributed by atoms with van der Waals surface area (Å²) in [6.07, 6.45) is 1.74. The summed E-state index contributed by atoms with van der Waals surface area (Å²) in [7, 11) is 1.52. The molecule has 1 aromatic heterocycles. The second-order valence-electron chi connectivity index (χ2n) is 4.74. The van der Waals surface area contributed by atoms with Crippen molar-refractivity contribution in [1.82, 2.24) is 15.1 Å². The molecule has 1 heterocycles. The molecule has 0 aliphatic heterocycles. The molecule has 2 rings (SSSR count). The van der Waals surface area contributed by atoms with Crippen molar-refractivity contribution in [2.45, 2.75) is 13.0 Å². The third-order valence-corrected chi connectivity index (χ3v) is 3.44. The first kappa shape index (κ1) is 16.0. The van der Waals surface area contributed by atoms with Crippen LogP contribution in [0, 0.1) is 0 Å². The summed E-state index contributed by atoms with van der Waals surface area (Å²) in [5.41, 5.74) is 1.10. The Morgan fingerprint density at radius 3 is 2.77 bits per heavy atom. The van der Waals surface area contributed by atoms with Gasteiger partial charge in [0, 0.05) is 26.6 Å². The fourth-order valence-corrected chi connectivity index (χ4v) is 2.07. The largest absolute Gasteiger partial charge is 0.382 e. The number of benzene rings is 1. The van der Waals surface area contributed by atoms with E-state index in [2.05, 4.69) is 15.7 Å². The van der Waals surface area contributed by atoms with E-state index in [0.29, 0.717) is 18.8 Å². The fraction of sp³-hybridized carbons (Fsp3) is 0.267. The SMILES string of the molecule is Cn1ncc(NCCC(=O)NCc2ccccc2)c(Cl)c1=O. The van der Waals surface area contributed by atoms with Gasteiger partial charge in [0.2, 0.25) is 5.91 Å². The normalized spacial score (nSPS) is 10.3. The van der Waals surface area contributed by atoms with Gasteiger partial charge >= 0.3 is 0 Å². The molecule has 6 nitrogen and oxygen atoms in total. The average molecular weight is 321 g/mol. The smallest absolute Gasteiger partial charge is 0.287 e. The number of aromatic nitrogens is 2. The summed E-state index contributed by atoms with van der Waals surface area (Å²) in [4.78, 5) is 23.3. The van der Waals surface area contributed by atoms with Crippen molar-refractivity contribution in [2.24, 2.45) is 7.05 Å². The number of carbonyl (C=O) groups excluding carboxylic acids is 1. The molecule has 116 valence electrons. The van der Waals surface area contributed by atoms with Gasteiger partial charge in [-0.15, -0.1) is 0 Å². The van der Waals surface area contributed by atoms with Crippen LogP contribution in [0.2, 0.25) is 5.02 Å². The van der Waals surface area contributed by atoms with E-state index in [0.717, 1.165) is 10.2 Å². The molecule has 1 amide bonds. The standard InChI is InChI=1S/C15H17ClN4O2/c1-20-15(22)14(16)12(10-19-20)17-8-7-13(21)18-9-11-5-3-2-4-6-11/h2-6,10,17H,7-9H2,1H3,(H,18,21). The van der Waals surface area contributed by atoms with Gasteiger partial charge in [-0.25, -0.2) is 4.68 Å². The first-order valence-corrected chi connectivity index (χ1v) is 7.22. The predicted octanol–water partition coefficient (Wildman–Crippen LogP) is 1.55. The predicted molar refractivity (Wildman–Crippen MR) is 85.9 cm³/mol. The lowest BCUT2D eigenvalue weighted by molar-refractivity contribution is -0.121. The summed E-state index contributed by atoms with van der Waals surface area (Å²) in [6, 6.07) is 9.67. The lowest BCUT2D eigenvalue weighted by Crippen LogP contribution is -2.25. The van der Waals surface area contributed by atoms with E-state index in [4.69, 9.17) is 11.6 Å². The van der Waals surface area contributed by atoms with Crippen molar-refractivity contribution in [1.29, 1.82) is 0 Å². The Balaban J connectivity index is 1.78. The van der Waals surface area contributed by atoms with Gasteiger partial charge in [-0.1, -0.05) is 41.9 Å². The topological polar surface area (TPSA) is 76.0 Å². The summed E-state index contributed by atoms with van der Waals surface area (Å²) in [5.74, 6) is -0.0794. The number of rotatable bonds is 6. The van der Waals surface area contributed by atoms with Crippen LogP contribution in [-0.4, -0.2) is 22.2 Å². The van der Waals surface area contributed by atoms with Crippen LogP contribution in [0.5, 0.6) is 0 Å². The van der Waals surface area contributed by atoms with Gasteiger partial charge in [-0.2, -0.15) is 5.10 Å². The fourth-order valence-electron chi connectivity index (χ4n) is 1.83. The highest BCUT2D eigenvalue weighted by Crippen LogP contribution is 2.14. The number of halogens is 1. The minimum absolute atomic E-state index is 0.0715. The molecule has 0 atom stereocenters. The van der Waals surface area contributed by atoms with E-state index >= 15 is 0 Å². The van der Waals surface area contributed by atoms with Crippen molar-refractivity contribution in [3.63, 3.8) is 0 Å². The highest BCUT2D eigenvalue weighted by Gasteiger charge is 2.07. The maximum absolute atomic E-state index is 11.7. The molecule has 0 radical (unpaired) electrons. The van der Waals surface area contributed by atoms with E-state index < -0.39 is 0 Å². The van der Waals surface area contributed by atoms with Crippen LogP contribution in [-0.2, 0) is 18.4 Å². The summed E-state index contributed by atoms with van der Waals surface area (Å²) >= 11 is 5.92. The molecule has 0 aliphatic carbocycles. The van der Waals surface area contributed by atoms with Crippen molar-refractivity contribution in [2.75, 3.05) is 11.9 Å². The number of hydrogen-bond acceptors (Lipinski definition) is 4. The molecule has 22 heavy (non-hydrogen) atoms. The average Bonchev–Trinajstić information content (AvgIpc) is 2.54. The number of nitrogens with one attached hydrogen (secondary N) is 2. The van der Waals surface area contributed by atoms with Gasteiger partial charge in [0.05, 0.1) is 11.9 Å². The zero-order chi connectivity index (χ0) is 15.9. The van der Waals surface area contributed by atoms with Gasteiger partial charge in [0.1, 0.15) is 5.02 Å². The van der Waals surface area contributed by atoms with Gasteiger partial charge in [-0.3, -0.25) is 9.59 Å². The molecule has 0 bridgehead atoms. The van der Waals surface area contributed by atoms with Gasteiger partial charge in [-0.05, 0) is 5.56 Å². The van der Waals surface area contributed by atoms with Gasteiger partial charge in [0.25, 0.3) is 5.56 Å². The minimum atomic E-state index is -0.375. The first-order valence-electron chi connectivity index (χ1n) is 6.84. The molecule has 7 heteroatoms. The molecule has 0 saturated heterocycles. The molecule has 0 saturated carbocycles. The Morgan fingerprint density at radius 1 is 1.32 bits per heavy atom. The molecular formula is C15H17ClN4O2. The second kappa shape index (κ2) is 7.61. The van der Waals surface area contributed by atoms with E-state index in [1.807, 2.05) is 30.3 Å². The number of amides is 1. The van der Waals surface area contributed by atoms with E-state index in [-0.39, 0.29) is 22.9 Å². The highest BCUT2D eigenvalue weighted by molar-refractivity contribution is 6.32. The first-order chi connectivity index (χ1) is 10.6. The van der Waals surface area contributed by atoms with Crippen molar-refractivity contribution < 1.29 is 4.79 Å². The lowest BCUT2D eigenvalue weighted by atomic mass is 10.2. The van der Waals surface area contributed by atoms with Crippen LogP contribution in [0.25, 0.3) is 0 Å². The summed E-state index contributed by atoms with van der Waals surface area (Å²) in [5, 5.41) is 9.71. The van der Waals surface area contributed by atoms with E-state index in [1.165, 1.54) is 13.2 Å². The maximum Gasteiger partial charge on any atom is 0.287 e. The van der Waals surface area contributed by atoms with Gasteiger partial charge < -0.3 is 10.6 Å². The third kappa shape index (κ3) is 4.33. The highest BCUT2D eigenvalue weighted by atomic mass is 35.5. The molecule has 2 aromatic rings. The molecule has 0 aliphatic rings. The van der Waals surface area contributed by atoms with Crippen LogP contribution in [0.1, 0.15) is 12.0 Å². The number of nitrogens with zero attached hydrogens (tertiary/aromatic N) is 2. The monoisotopic (exact) mass is 320 g/mol. The van der Waals surface area contributed by atoms with Crippen LogP contribution in [0.3, 0.4) is 0 Å². The van der Waals surface area contributed by atoms with Crippen LogP contribution in [0.4, 0.5) is 5.69 Å². The number of carbonyl (C=O) groups is 1. The van der Waals surface area contributed by atoms with Crippen molar-refractivity contribution >= 4 is 23.2 Å². The zero-order valence-electron chi connectivity index (χ0n) is 12.2. The Kier molecular flexibility index (Phi) is 5.55. The molecular weight excluding hydrogens is 304 g/mol. The number of aryl methyl sites for hydroxylation is 1. The second-order valence-corrected chi connectivity index (χ2v) is 5.12. The molecule has 0 unspecified atom stereocenters. The Hall–Kier alpha value is -2.34. The van der Waals surface area contributed by atoms with Crippen LogP contribution in [0.15, 0.2) is 41.3 Å². The Bertz CT molecular complexity index is 700. The van der Waals surface area contributed by atoms with E-state index in [9.17, 15) is 9.59 Å². The number of hydrogen-bond donors (Lipinski definition) is 2. The maximum atomic E-state index is 11.7.